The van der Waals surface area contributed by atoms with E-state index < -0.39 is 0 Å². The molecule has 1 atom stereocenters. The lowest BCUT2D eigenvalue weighted by Crippen LogP contribution is -2.20. The number of ether oxygens (including phenoxy) is 1. The van der Waals surface area contributed by atoms with E-state index in [1.54, 1.807) is 0 Å². The highest BCUT2D eigenvalue weighted by atomic mass is 35.5. The second kappa shape index (κ2) is 6.34. The van der Waals surface area contributed by atoms with Crippen LogP contribution < -0.4 is 10.1 Å². The first-order chi connectivity index (χ1) is 9.60. The molecule has 2 rings (SSSR count). The predicted octanol–water partition coefficient (Wildman–Crippen LogP) is 2.88. The van der Waals surface area contributed by atoms with Crippen molar-refractivity contribution in [3.63, 3.8) is 0 Å². The van der Waals surface area contributed by atoms with Crippen LogP contribution in [-0.4, -0.2) is 23.0 Å². The van der Waals surface area contributed by atoms with Crippen LogP contribution in [-0.2, 0) is 4.79 Å². The van der Waals surface area contributed by atoms with Crippen LogP contribution in [0.4, 0.5) is 5.95 Å². The van der Waals surface area contributed by atoms with Crippen molar-refractivity contribution in [3.05, 3.63) is 47.1 Å². The number of nitrogens with zero attached hydrogens (tertiary/aromatic N) is 2. The summed E-state index contributed by atoms with van der Waals surface area (Å²) in [5.41, 5.74) is 0.916. The molecule has 1 amide bonds. The van der Waals surface area contributed by atoms with Crippen molar-refractivity contribution in [2.24, 2.45) is 0 Å². The highest BCUT2D eigenvalue weighted by Gasteiger charge is 2.16. The first-order valence-electron chi connectivity index (χ1n) is 6.04. The summed E-state index contributed by atoms with van der Waals surface area (Å²) in [6.07, 6.45) is 0. The standard InChI is InChI=1S/C14H14ClN3O2/c1-9(10-6-4-3-5-7-10)13(19)18-14-16-11(15)8-12(17-14)20-2/h3-9H,1-2H3,(H,16,17,18,19). The van der Waals surface area contributed by atoms with Gasteiger partial charge in [0.1, 0.15) is 5.15 Å². The van der Waals surface area contributed by atoms with Gasteiger partial charge < -0.3 is 4.74 Å². The van der Waals surface area contributed by atoms with E-state index in [2.05, 4.69) is 15.3 Å². The van der Waals surface area contributed by atoms with Gasteiger partial charge in [0, 0.05) is 6.07 Å². The largest absolute Gasteiger partial charge is 0.481 e. The number of aromatic nitrogens is 2. The molecule has 0 aliphatic rings. The lowest BCUT2D eigenvalue weighted by Gasteiger charge is -2.12. The Kier molecular flexibility index (Phi) is 4.53. The van der Waals surface area contributed by atoms with Crippen LogP contribution in [0.5, 0.6) is 5.88 Å². The first kappa shape index (κ1) is 14.3. The average Bonchev–Trinajstić information content (AvgIpc) is 2.46. The van der Waals surface area contributed by atoms with Crippen molar-refractivity contribution >= 4 is 23.5 Å². The number of carbonyl (C=O) groups is 1. The van der Waals surface area contributed by atoms with Crippen molar-refractivity contribution < 1.29 is 9.53 Å². The number of benzene rings is 1. The molecular formula is C14H14ClN3O2. The van der Waals surface area contributed by atoms with Gasteiger partial charge in [-0.25, -0.2) is 4.98 Å². The van der Waals surface area contributed by atoms with E-state index in [0.717, 1.165) is 5.56 Å². The quantitative estimate of drug-likeness (QED) is 0.880. The highest BCUT2D eigenvalue weighted by Crippen LogP contribution is 2.19. The van der Waals surface area contributed by atoms with Gasteiger partial charge in [-0.3, -0.25) is 10.1 Å². The maximum atomic E-state index is 12.1. The zero-order chi connectivity index (χ0) is 14.5. The van der Waals surface area contributed by atoms with Crippen molar-refractivity contribution in [2.45, 2.75) is 12.8 Å². The molecule has 104 valence electrons. The number of hydrogen-bond acceptors (Lipinski definition) is 4. The molecule has 0 radical (unpaired) electrons. The van der Waals surface area contributed by atoms with Gasteiger partial charge in [-0.1, -0.05) is 41.9 Å². The molecule has 1 unspecified atom stereocenters. The van der Waals surface area contributed by atoms with Gasteiger partial charge in [-0.15, -0.1) is 0 Å². The third-order valence-electron chi connectivity index (χ3n) is 2.81. The summed E-state index contributed by atoms with van der Waals surface area (Å²) in [4.78, 5) is 20.1. The number of carbonyl (C=O) groups excluding carboxylic acids is 1. The molecule has 1 aromatic heterocycles. The SMILES string of the molecule is COc1cc(Cl)nc(NC(=O)C(C)c2ccccc2)n1. The Bertz CT molecular complexity index is 605. The van der Waals surface area contributed by atoms with Gasteiger partial charge in [-0.2, -0.15) is 4.98 Å². The smallest absolute Gasteiger partial charge is 0.234 e. The van der Waals surface area contributed by atoms with E-state index in [9.17, 15) is 4.79 Å². The minimum Gasteiger partial charge on any atom is -0.481 e. The number of halogens is 1. The molecule has 0 spiro atoms. The molecule has 0 fully saturated rings. The number of anilines is 1. The molecule has 20 heavy (non-hydrogen) atoms. The second-order valence-electron chi connectivity index (χ2n) is 4.18. The van der Waals surface area contributed by atoms with Gasteiger partial charge in [0.05, 0.1) is 13.0 Å². The van der Waals surface area contributed by atoms with Crippen LogP contribution in [0.2, 0.25) is 5.15 Å². The second-order valence-corrected chi connectivity index (χ2v) is 4.57. The fourth-order valence-corrected chi connectivity index (χ4v) is 1.84. The third-order valence-corrected chi connectivity index (χ3v) is 3.00. The number of nitrogens with one attached hydrogen (secondary N) is 1. The van der Waals surface area contributed by atoms with Crippen molar-refractivity contribution in [1.29, 1.82) is 0 Å². The first-order valence-corrected chi connectivity index (χ1v) is 6.42. The Hall–Kier alpha value is -2.14. The highest BCUT2D eigenvalue weighted by molar-refractivity contribution is 6.29. The number of hydrogen-bond donors (Lipinski definition) is 1. The zero-order valence-corrected chi connectivity index (χ0v) is 11.9. The summed E-state index contributed by atoms with van der Waals surface area (Å²) in [6.45, 7) is 1.81. The summed E-state index contributed by atoms with van der Waals surface area (Å²) < 4.78 is 4.98. The van der Waals surface area contributed by atoms with E-state index in [0.29, 0.717) is 5.88 Å². The average molecular weight is 292 g/mol. The van der Waals surface area contributed by atoms with Crippen LogP contribution in [0.3, 0.4) is 0 Å². The van der Waals surface area contributed by atoms with Crippen LogP contribution >= 0.6 is 11.6 Å². The van der Waals surface area contributed by atoms with Crippen LogP contribution in [0.1, 0.15) is 18.4 Å². The molecule has 1 heterocycles. The van der Waals surface area contributed by atoms with E-state index in [4.69, 9.17) is 16.3 Å². The Morgan fingerprint density at radius 3 is 2.65 bits per heavy atom. The summed E-state index contributed by atoms with van der Waals surface area (Å²) in [5.74, 6) is -0.0971. The van der Waals surface area contributed by atoms with Crippen molar-refractivity contribution in [1.82, 2.24) is 9.97 Å². The van der Waals surface area contributed by atoms with Crippen LogP contribution in [0, 0.1) is 0 Å². The molecule has 0 aliphatic heterocycles. The maximum absolute atomic E-state index is 12.1. The van der Waals surface area contributed by atoms with Gasteiger partial charge in [0.2, 0.25) is 17.7 Å². The summed E-state index contributed by atoms with van der Waals surface area (Å²) in [5, 5.41) is 2.84. The molecule has 5 nitrogen and oxygen atoms in total. The molecule has 0 aliphatic carbocycles. The Morgan fingerprint density at radius 2 is 2.00 bits per heavy atom. The van der Waals surface area contributed by atoms with Crippen molar-refractivity contribution in [3.8, 4) is 5.88 Å². The van der Waals surface area contributed by atoms with Gasteiger partial charge in [-0.05, 0) is 12.5 Å². The summed E-state index contributed by atoms with van der Waals surface area (Å²) in [7, 11) is 1.47. The van der Waals surface area contributed by atoms with E-state index in [1.165, 1.54) is 13.2 Å². The van der Waals surface area contributed by atoms with Crippen molar-refractivity contribution in [2.75, 3.05) is 12.4 Å². The maximum Gasteiger partial charge on any atom is 0.234 e. The fraction of sp³-hybridized carbons (Fsp3) is 0.214. The number of rotatable bonds is 4. The monoisotopic (exact) mass is 291 g/mol. The minimum absolute atomic E-state index is 0.127. The summed E-state index contributed by atoms with van der Waals surface area (Å²) in [6, 6.07) is 10.9. The van der Waals surface area contributed by atoms with E-state index in [-0.39, 0.29) is 22.9 Å². The zero-order valence-electron chi connectivity index (χ0n) is 11.1. The van der Waals surface area contributed by atoms with E-state index >= 15 is 0 Å². The lowest BCUT2D eigenvalue weighted by molar-refractivity contribution is -0.117. The molecule has 1 N–H and O–H groups in total. The Morgan fingerprint density at radius 1 is 1.30 bits per heavy atom. The van der Waals surface area contributed by atoms with Crippen LogP contribution in [0.25, 0.3) is 0 Å². The third kappa shape index (κ3) is 3.45. The number of amides is 1. The van der Waals surface area contributed by atoms with Gasteiger partial charge in [0.25, 0.3) is 0 Å². The van der Waals surface area contributed by atoms with Gasteiger partial charge in [0.15, 0.2) is 0 Å². The fourth-order valence-electron chi connectivity index (χ4n) is 1.67. The molecule has 0 bridgehead atoms. The lowest BCUT2D eigenvalue weighted by atomic mass is 10.0. The predicted molar refractivity (Wildman–Crippen MR) is 77.1 cm³/mol. The molecule has 0 saturated heterocycles. The van der Waals surface area contributed by atoms with Gasteiger partial charge >= 0.3 is 0 Å². The molecule has 6 heteroatoms. The van der Waals surface area contributed by atoms with E-state index in [1.807, 2.05) is 37.3 Å². The number of methoxy groups -OCH3 is 1. The summed E-state index contributed by atoms with van der Waals surface area (Å²) >= 11 is 5.83. The Labute approximate surface area is 122 Å². The normalized spacial score (nSPS) is 11.8. The molecule has 2 aromatic rings. The topological polar surface area (TPSA) is 64.1 Å². The molecular weight excluding hydrogens is 278 g/mol. The Balaban J connectivity index is 2.13. The van der Waals surface area contributed by atoms with Crippen LogP contribution in [0.15, 0.2) is 36.4 Å². The molecule has 1 aromatic carbocycles. The molecule has 0 saturated carbocycles. The minimum atomic E-state index is -0.315.